The van der Waals surface area contributed by atoms with Crippen LogP contribution in [-0.2, 0) is 0 Å². The van der Waals surface area contributed by atoms with Gasteiger partial charge in [0.2, 0.25) is 0 Å². The molecule has 1 fully saturated rings. The van der Waals surface area contributed by atoms with Crippen molar-refractivity contribution in [2.75, 3.05) is 39.0 Å². The van der Waals surface area contributed by atoms with E-state index in [0.717, 1.165) is 16.5 Å². The molecule has 0 saturated carbocycles. The van der Waals surface area contributed by atoms with E-state index in [1.165, 1.54) is 25.9 Å². The van der Waals surface area contributed by atoms with Crippen LogP contribution < -0.4 is 22.9 Å². The molecule has 2 N–H and O–H groups in total. The largest absolute Gasteiger partial charge is 1.00 e. The molecular formula is C14H22Cl2N4O. The van der Waals surface area contributed by atoms with Gasteiger partial charge in [0.1, 0.15) is 18.8 Å². The van der Waals surface area contributed by atoms with Gasteiger partial charge in [0.05, 0.1) is 25.7 Å². The predicted octanol–water partition coefficient (Wildman–Crippen LogP) is -1.04. The molecule has 0 radical (unpaired) electrons. The van der Waals surface area contributed by atoms with Gasteiger partial charge in [-0.25, -0.2) is 4.52 Å². The lowest BCUT2D eigenvalue weighted by molar-refractivity contribution is -0.897. The first-order valence-electron chi connectivity index (χ1n) is 6.87. The number of ether oxygens (including phenoxy) is 1. The van der Waals surface area contributed by atoms with Gasteiger partial charge in [-0.3, -0.25) is 0 Å². The minimum atomic E-state index is 0. The number of halogens is 2. The van der Waals surface area contributed by atoms with E-state index >= 15 is 0 Å². The summed E-state index contributed by atoms with van der Waals surface area (Å²) in [4.78, 5) is 0. The molecule has 1 saturated heterocycles. The molecule has 7 heteroatoms. The average molecular weight is 333 g/mol. The highest BCUT2D eigenvalue weighted by molar-refractivity contribution is 5.85. The van der Waals surface area contributed by atoms with Crippen molar-refractivity contribution in [3.63, 3.8) is 0 Å². The van der Waals surface area contributed by atoms with Gasteiger partial charge in [-0.05, 0) is 12.1 Å². The Bertz CT molecular complexity index is 581. The maximum absolute atomic E-state index is 6.05. The van der Waals surface area contributed by atoms with Crippen molar-refractivity contribution >= 4 is 23.6 Å². The molecule has 5 nitrogen and oxygen atoms in total. The van der Waals surface area contributed by atoms with Crippen molar-refractivity contribution in [2.45, 2.75) is 12.8 Å². The van der Waals surface area contributed by atoms with E-state index in [0.29, 0.717) is 18.2 Å². The van der Waals surface area contributed by atoms with E-state index < -0.39 is 0 Å². The summed E-state index contributed by atoms with van der Waals surface area (Å²) in [7, 11) is 2.30. The van der Waals surface area contributed by atoms with Gasteiger partial charge in [0.15, 0.2) is 0 Å². The molecular weight excluding hydrogens is 311 g/mol. The van der Waals surface area contributed by atoms with Crippen LogP contribution in [0.15, 0.2) is 24.4 Å². The van der Waals surface area contributed by atoms with Crippen LogP contribution in [0.4, 0.5) is 5.69 Å². The number of nitrogens with zero attached hydrogens (tertiary/aromatic N) is 3. The van der Waals surface area contributed by atoms with E-state index in [9.17, 15) is 0 Å². The van der Waals surface area contributed by atoms with Gasteiger partial charge < -0.3 is 27.4 Å². The topological polar surface area (TPSA) is 52.5 Å². The predicted molar refractivity (Wildman–Crippen MR) is 82.4 cm³/mol. The third kappa shape index (κ3) is 3.73. The molecule has 3 rings (SSSR count). The van der Waals surface area contributed by atoms with Crippen LogP contribution in [0.3, 0.4) is 0 Å². The van der Waals surface area contributed by atoms with Crippen LogP contribution in [0.5, 0.6) is 5.88 Å². The SMILES string of the molecule is C[N+]1(CCOc2nn3ccccc3c2N)CCCC1.Cl.[Cl-]. The second kappa shape index (κ2) is 7.20. The Morgan fingerprint density at radius 3 is 2.71 bits per heavy atom. The molecule has 1 aliphatic heterocycles. The number of rotatable bonds is 4. The van der Waals surface area contributed by atoms with Crippen LogP contribution >= 0.6 is 12.4 Å². The number of hydrogen-bond donors (Lipinski definition) is 1. The maximum Gasteiger partial charge on any atom is 0.257 e. The van der Waals surface area contributed by atoms with Gasteiger partial charge >= 0.3 is 0 Å². The fourth-order valence-corrected chi connectivity index (χ4v) is 2.79. The second-order valence-corrected chi connectivity index (χ2v) is 5.60. The van der Waals surface area contributed by atoms with Gasteiger partial charge in [-0.1, -0.05) is 6.07 Å². The molecule has 0 amide bonds. The lowest BCUT2D eigenvalue weighted by atomic mass is 10.4. The van der Waals surface area contributed by atoms with Gasteiger partial charge in [-0.2, -0.15) is 0 Å². The van der Waals surface area contributed by atoms with E-state index in [1.807, 2.05) is 24.4 Å². The summed E-state index contributed by atoms with van der Waals surface area (Å²) in [6.45, 7) is 4.20. The molecule has 118 valence electrons. The number of anilines is 1. The molecule has 0 bridgehead atoms. The number of aromatic nitrogens is 2. The normalized spacial score (nSPS) is 16.2. The van der Waals surface area contributed by atoms with Crippen molar-refractivity contribution in [1.29, 1.82) is 0 Å². The van der Waals surface area contributed by atoms with Gasteiger partial charge in [0.25, 0.3) is 5.88 Å². The highest BCUT2D eigenvalue weighted by atomic mass is 35.5. The van der Waals surface area contributed by atoms with Gasteiger partial charge in [0, 0.05) is 19.0 Å². The van der Waals surface area contributed by atoms with Crippen LogP contribution in [0.2, 0.25) is 0 Å². The molecule has 21 heavy (non-hydrogen) atoms. The smallest absolute Gasteiger partial charge is 0.257 e. The van der Waals surface area contributed by atoms with Gasteiger partial charge in [-0.15, -0.1) is 17.5 Å². The van der Waals surface area contributed by atoms with Crippen molar-refractivity contribution in [2.24, 2.45) is 0 Å². The monoisotopic (exact) mass is 332 g/mol. The highest BCUT2D eigenvalue weighted by Crippen LogP contribution is 2.25. The number of fused-ring (bicyclic) bond motifs is 1. The van der Waals surface area contributed by atoms with E-state index in [1.54, 1.807) is 4.52 Å². The Morgan fingerprint density at radius 2 is 2.05 bits per heavy atom. The number of nitrogen functional groups attached to an aromatic ring is 1. The summed E-state index contributed by atoms with van der Waals surface area (Å²) < 4.78 is 8.64. The first-order valence-corrected chi connectivity index (χ1v) is 6.87. The zero-order valence-electron chi connectivity index (χ0n) is 12.2. The zero-order chi connectivity index (χ0) is 13.3. The second-order valence-electron chi connectivity index (χ2n) is 5.60. The van der Waals surface area contributed by atoms with Crippen LogP contribution in [-0.4, -0.2) is 47.4 Å². The first-order chi connectivity index (χ1) is 9.18. The number of pyridine rings is 1. The Hall–Kier alpha value is -1.17. The number of likely N-dealkylation sites (N-methyl/N-ethyl adjacent to an activating group) is 1. The summed E-state index contributed by atoms with van der Waals surface area (Å²) in [5.41, 5.74) is 7.58. The molecule has 0 spiro atoms. The van der Waals surface area contributed by atoms with Crippen molar-refractivity contribution in [3.05, 3.63) is 24.4 Å². The molecule has 0 unspecified atom stereocenters. The Morgan fingerprint density at radius 1 is 1.33 bits per heavy atom. The van der Waals surface area contributed by atoms with E-state index in [4.69, 9.17) is 10.5 Å². The number of likely N-dealkylation sites (tertiary alicyclic amines) is 1. The fourth-order valence-electron chi connectivity index (χ4n) is 2.79. The fraction of sp³-hybridized carbons (Fsp3) is 0.500. The maximum atomic E-state index is 6.05. The summed E-state index contributed by atoms with van der Waals surface area (Å²) in [6, 6.07) is 5.83. The molecule has 0 atom stereocenters. The molecule has 1 aliphatic rings. The minimum Gasteiger partial charge on any atom is -1.00 e. The molecule has 3 heterocycles. The zero-order valence-corrected chi connectivity index (χ0v) is 13.7. The number of quaternary nitrogens is 1. The van der Waals surface area contributed by atoms with Crippen LogP contribution in [0, 0.1) is 0 Å². The lowest BCUT2D eigenvalue weighted by Crippen LogP contribution is -3.00. The summed E-state index contributed by atoms with van der Waals surface area (Å²) >= 11 is 0. The summed E-state index contributed by atoms with van der Waals surface area (Å²) in [5.74, 6) is 0.553. The highest BCUT2D eigenvalue weighted by Gasteiger charge is 2.26. The van der Waals surface area contributed by atoms with Crippen LogP contribution in [0.1, 0.15) is 12.8 Å². The van der Waals surface area contributed by atoms with E-state index in [-0.39, 0.29) is 24.8 Å². The third-order valence-electron chi connectivity index (χ3n) is 4.06. The Balaban J connectivity index is 0.00000110. The van der Waals surface area contributed by atoms with Crippen molar-refractivity contribution < 1.29 is 21.6 Å². The number of hydrogen-bond acceptors (Lipinski definition) is 3. The van der Waals surface area contributed by atoms with Crippen LogP contribution in [0.25, 0.3) is 5.52 Å². The number of nitrogens with two attached hydrogens (primary N) is 1. The molecule has 0 aliphatic carbocycles. The quantitative estimate of drug-likeness (QED) is 0.728. The Labute approximate surface area is 137 Å². The standard InChI is InChI=1S/C14H21N4O.2ClH/c1-18(8-4-5-9-18)10-11-19-14-13(15)12-6-2-3-7-17(12)16-14;;/h2-3,6-7H,4-5,8-11,15H2,1H3;2*1H/q+1;;/p-1. The summed E-state index contributed by atoms with van der Waals surface area (Å²) in [6.07, 6.45) is 4.53. The minimum absolute atomic E-state index is 0. The third-order valence-corrected chi connectivity index (χ3v) is 4.06. The van der Waals surface area contributed by atoms with E-state index in [2.05, 4.69) is 12.1 Å². The summed E-state index contributed by atoms with van der Waals surface area (Å²) in [5, 5.41) is 4.36. The van der Waals surface area contributed by atoms with Crippen molar-refractivity contribution in [3.8, 4) is 5.88 Å². The molecule has 2 aromatic rings. The lowest BCUT2D eigenvalue weighted by Gasteiger charge is -2.28. The molecule has 2 aromatic heterocycles. The molecule has 0 aromatic carbocycles. The average Bonchev–Trinajstić information content (AvgIpc) is 2.96. The first kappa shape index (κ1) is 17.9. The van der Waals surface area contributed by atoms with Crippen molar-refractivity contribution in [1.82, 2.24) is 9.61 Å². The Kier molecular flexibility index (Phi) is 6.13.